The molecule has 2 atom stereocenters. The van der Waals surface area contributed by atoms with Gasteiger partial charge in [-0.2, -0.15) is 13.2 Å². The van der Waals surface area contributed by atoms with Crippen LogP contribution in [0, 0.1) is 5.41 Å². The third kappa shape index (κ3) is 3.69. The molecule has 2 unspecified atom stereocenters. The Bertz CT molecular complexity index is 538. The number of carbonyl (C=O) groups is 1. The molecule has 0 aromatic heterocycles. The van der Waals surface area contributed by atoms with Crippen LogP contribution in [0.25, 0.3) is 0 Å². The van der Waals surface area contributed by atoms with Crippen molar-refractivity contribution in [3.63, 3.8) is 0 Å². The molecule has 21 heavy (non-hydrogen) atoms. The zero-order valence-electron chi connectivity index (χ0n) is 11.2. The molecule has 8 heteroatoms. The van der Waals surface area contributed by atoms with Gasteiger partial charge >= 0.3 is 5.51 Å². The number of rotatable bonds is 3. The van der Waals surface area contributed by atoms with Crippen molar-refractivity contribution in [2.75, 3.05) is 18.5 Å². The highest BCUT2D eigenvalue weighted by Gasteiger charge is 2.44. The molecule has 1 aliphatic rings. The number of nitrogens with one attached hydrogen (secondary N) is 1. The molecule has 4 nitrogen and oxygen atoms in total. The smallest absolute Gasteiger partial charge is 0.379 e. The van der Waals surface area contributed by atoms with Crippen molar-refractivity contribution >= 4 is 23.4 Å². The SMILES string of the molecule is CC1(C(=O)Nc2ccccc2SC(F)(F)F)COCC1N. The number of thioether (sulfide) groups is 1. The topological polar surface area (TPSA) is 64.3 Å². The first kappa shape index (κ1) is 16.1. The second-order valence-corrected chi connectivity index (χ2v) is 6.14. The van der Waals surface area contributed by atoms with E-state index >= 15 is 0 Å². The van der Waals surface area contributed by atoms with E-state index in [0.29, 0.717) is 0 Å². The van der Waals surface area contributed by atoms with Crippen LogP contribution >= 0.6 is 11.8 Å². The van der Waals surface area contributed by atoms with E-state index in [2.05, 4.69) is 5.32 Å². The Morgan fingerprint density at radius 2 is 2.14 bits per heavy atom. The van der Waals surface area contributed by atoms with Gasteiger partial charge in [-0.25, -0.2) is 0 Å². The minimum atomic E-state index is -4.42. The summed E-state index contributed by atoms with van der Waals surface area (Å²) in [4.78, 5) is 12.2. The molecule has 0 bridgehead atoms. The summed E-state index contributed by atoms with van der Waals surface area (Å²) in [5.74, 6) is -0.442. The van der Waals surface area contributed by atoms with Gasteiger partial charge < -0.3 is 15.8 Å². The van der Waals surface area contributed by atoms with Crippen LogP contribution in [0.5, 0.6) is 0 Å². The average Bonchev–Trinajstić information content (AvgIpc) is 2.71. The zero-order valence-corrected chi connectivity index (χ0v) is 12.1. The Hall–Kier alpha value is -1.25. The molecule has 0 spiro atoms. The first-order valence-corrected chi connectivity index (χ1v) is 7.03. The van der Waals surface area contributed by atoms with E-state index in [9.17, 15) is 18.0 Å². The molecule has 1 aliphatic heterocycles. The van der Waals surface area contributed by atoms with E-state index in [4.69, 9.17) is 10.5 Å². The summed E-state index contributed by atoms with van der Waals surface area (Å²) in [6.07, 6.45) is 0. The number of hydrogen-bond acceptors (Lipinski definition) is 4. The molecule has 1 saturated heterocycles. The first-order valence-electron chi connectivity index (χ1n) is 6.22. The number of amides is 1. The maximum atomic E-state index is 12.5. The Kier molecular flexibility index (Phi) is 4.50. The van der Waals surface area contributed by atoms with Crippen LogP contribution in [-0.2, 0) is 9.53 Å². The lowest BCUT2D eigenvalue weighted by Crippen LogP contribution is -2.47. The number of halogens is 3. The number of carbonyl (C=O) groups excluding carboxylic acids is 1. The van der Waals surface area contributed by atoms with Crippen molar-refractivity contribution in [2.24, 2.45) is 11.1 Å². The fourth-order valence-electron chi connectivity index (χ4n) is 1.97. The van der Waals surface area contributed by atoms with Gasteiger partial charge in [0.15, 0.2) is 0 Å². The maximum Gasteiger partial charge on any atom is 0.446 e. The number of nitrogens with two attached hydrogens (primary N) is 1. The highest BCUT2D eigenvalue weighted by Crippen LogP contribution is 2.41. The van der Waals surface area contributed by atoms with Crippen LogP contribution in [0.2, 0.25) is 0 Å². The van der Waals surface area contributed by atoms with E-state index < -0.39 is 22.9 Å². The van der Waals surface area contributed by atoms with E-state index in [0.717, 1.165) is 0 Å². The molecular weight excluding hydrogens is 305 g/mol. The standard InChI is InChI=1S/C13H15F3N2O2S/c1-12(7-20-6-10(12)17)11(19)18-8-4-2-3-5-9(8)21-13(14,15)16/h2-5,10H,6-7,17H2,1H3,(H,18,19). The summed E-state index contributed by atoms with van der Waals surface area (Å²) in [5.41, 5.74) is 0.585. The number of hydrogen-bond donors (Lipinski definition) is 2. The molecule has 0 radical (unpaired) electrons. The van der Waals surface area contributed by atoms with Crippen molar-refractivity contribution in [1.82, 2.24) is 0 Å². The summed E-state index contributed by atoms with van der Waals surface area (Å²) >= 11 is -0.266. The van der Waals surface area contributed by atoms with Crippen LogP contribution < -0.4 is 11.1 Å². The second-order valence-electron chi connectivity index (χ2n) is 5.04. The quantitative estimate of drug-likeness (QED) is 0.840. The van der Waals surface area contributed by atoms with Gasteiger partial charge in [-0.3, -0.25) is 4.79 Å². The highest BCUT2D eigenvalue weighted by molar-refractivity contribution is 8.00. The molecule has 2 rings (SSSR count). The number of ether oxygens (including phenoxy) is 1. The van der Waals surface area contributed by atoms with Crippen molar-refractivity contribution in [3.05, 3.63) is 24.3 Å². The molecule has 116 valence electrons. The molecule has 1 aromatic carbocycles. The van der Waals surface area contributed by atoms with Gasteiger partial charge in [-0.15, -0.1) is 0 Å². The molecular formula is C13H15F3N2O2S. The van der Waals surface area contributed by atoms with Crippen molar-refractivity contribution in [1.29, 1.82) is 0 Å². The molecule has 1 aromatic rings. The summed E-state index contributed by atoms with van der Waals surface area (Å²) in [5, 5.41) is 2.53. The highest BCUT2D eigenvalue weighted by atomic mass is 32.2. The average molecular weight is 320 g/mol. The largest absolute Gasteiger partial charge is 0.446 e. The van der Waals surface area contributed by atoms with Gasteiger partial charge in [0.25, 0.3) is 0 Å². The lowest BCUT2D eigenvalue weighted by molar-refractivity contribution is -0.125. The second kappa shape index (κ2) is 5.86. The molecule has 0 aliphatic carbocycles. The monoisotopic (exact) mass is 320 g/mol. The summed E-state index contributed by atoms with van der Waals surface area (Å²) in [6.45, 7) is 2.04. The van der Waals surface area contributed by atoms with Crippen LogP contribution in [-0.4, -0.2) is 30.7 Å². The number of para-hydroxylation sites is 1. The van der Waals surface area contributed by atoms with Gasteiger partial charge in [0.05, 0.1) is 24.3 Å². The predicted molar refractivity (Wildman–Crippen MR) is 73.9 cm³/mol. The van der Waals surface area contributed by atoms with Gasteiger partial charge in [0, 0.05) is 10.9 Å². The Morgan fingerprint density at radius 3 is 2.71 bits per heavy atom. The summed E-state index contributed by atoms with van der Waals surface area (Å²) < 4.78 is 42.7. The summed E-state index contributed by atoms with van der Waals surface area (Å²) in [6, 6.07) is 5.29. The van der Waals surface area contributed by atoms with E-state index in [1.165, 1.54) is 18.2 Å². The van der Waals surface area contributed by atoms with Gasteiger partial charge in [0.2, 0.25) is 5.91 Å². The lowest BCUT2D eigenvalue weighted by Gasteiger charge is -2.26. The van der Waals surface area contributed by atoms with Gasteiger partial charge in [-0.05, 0) is 30.8 Å². The Balaban J connectivity index is 2.18. The maximum absolute atomic E-state index is 12.5. The van der Waals surface area contributed by atoms with Gasteiger partial charge in [-0.1, -0.05) is 12.1 Å². The molecule has 0 saturated carbocycles. The molecule has 1 fully saturated rings. The number of anilines is 1. The minimum Gasteiger partial charge on any atom is -0.379 e. The van der Waals surface area contributed by atoms with Crippen LogP contribution in [0.1, 0.15) is 6.92 Å². The van der Waals surface area contributed by atoms with Crippen molar-refractivity contribution in [2.45, 2.75) is 23.4 Å². The first-order chi connectivity index (χ1) is 9.72. The van der Waals surface area contributed by atoms with Crippen molar-refractivity contribution < 1.29 is 22.7 Å². The number of alkyl halides is 3. The zero-order chi connectivity index (χ0) is 15.7. The van der Waals surface area contributed by atoms with E-state index in [1.807, 2.05) is 0 Å². The third-order valence-corrected chi connectivity index (χ3v) is 4.20. The lowest BCUT2D eigenvalue weighted by atomic mass is 9.85. The minimum absolute atomic E-state index is 0.0607. The van der Waals surface area contributed by atoms with Crippen LogP contribution in [0.15, 0.2) is 29.2 Å². The Labute approximate surface area is 124 Å². The number of benzene rings is 1. The molecule has 3 N–H and O–H groups in total. The summed E-state index contributed by atoms with van der Waals surface area (Å²) in [7, 11) is 0. The van der Waals surface area contributed by atoms with Crippen molar-refractivity contribution in [3.8, 4) is 0 Å². The van der Waals surface area contributed by atoms with Gasteiger partial charge in [0.1, 0.15) is 0 Å². The third-order valence-electron chi connectivity index (χ3n) is 3.40. The fourth-order valence-corrected chi connectivity index (χ4v) is 2.60. The van der Waals surface area contributed by atoms with E-state index in [1.54, 1.807) is 13.0 Å². The van der Waals surface area contributed by atoms with Crippen LogP contribution in [0.4, 0.5) is 18.9 Å². The Morgan fingerprint density at radius 1 is 1.48 bits per heavy atom. The van der Waals surface area contributed by atoms with Crippen LogP contribution in [0.3, 0.4) is 0 Å². The predicted octanol–water partition coefficient (Wildman–Crippen LogP) is 2.60. The molecule has 1 heterocycles. The normalized spacial score (nSPS) is 25.9. The van der Waals surface area contributed by atoms with E-state index in [-0.39, 0.29) is 35.6 Å². The molecule has 1 amide bonds. The fraction of sp³-hybridized carbons (Fsp3) is 0.462.